The van der Waals surface area contributed by atoms with Gasteiger partial charge in [-0.2, -0.15) is 0 Å². The molecule has 0 spiro atoms. The van der Waals surface area contributed by atoms with E-state index >= 15 is 0 Å². The van der Waals surface area contributed by atoms with E-state index < -0.39 is 0 Å². The van der Waals surface area contributed by atoms with E-state index in [1.165, 1.54) is 0 Å². The number of rotatable bonds is 4. The molecule has 4 nitrogen and oxygen atoms in total. The minimum absolute atomic E-state index is 0.945. The molecule has 1 unspecified atom stereocenters. The number of imidazole rings is 1. The van der Waals surface area contributed by atoms with Crippen LogP contribution in [-0.2, 0) is 7.05 Å². The summed E-state index contributed by atoms with van der Waals surface area (Å²) in [6.45, 7) is 11.6. The zero-order chi connectivity index (χ0) is 13.8. The van der Waals surface area contributed by atoms with Crippen molar-refractivity contribution in [3.8, 4) is 0 Å². The molecule has 1 atom stereocenters. The number of nitrogens with zero attached hydrogens (tertiary/aromatic N) is 4. The molecule has 19 heavy (non-hydrogen) atoms. The van der Waals surface area contributed by atoms with Gasteiger partial charge in [-0.3, -0.25) is 4.67 Å². The van der Waals surface area contributed by atoms with Gasteiger partial charge in [-0.05, 0) is 12.2 Å². The van der Waals surface area contributed by atoms with Crippen molar-refractivity contribution >= 4 is 27.5 Å². The monoisotopic (exact) mass is 276 g/mol. The highest BCUT2D eigenvalue weighted by Gasteiger charge is 2.20. The summed E-state index contributed by atoms with van der Waals surface area (Å²) in [4.78, 5) is 7.04. The Balaban J connectivity index is 2.30. The van der Waals surface area contributed by atoms with Gasteiger partial charge in [0.05, 0.1) is 11.4 Å². The number of hydrogen-bond acceptors (Lipinski definition) is 3. The second-order valence-electron chi connectivity index (χ2n) is 4.56. The molecule has 0 aliphatic carbocycles. The zero-order valence-electron chi connectivity index (χ0n) is 11.4. The lowest BCUT2D eigenvalue weighted by molar-refractivity contribution is 0.423. The van der Waals surface area contributed by atoms with E-state index in [2.05, 4.69) is 36.7 Å². The molecular formula is C14H21N4P. The molecule has 2 heterocycles. The predicted octanol–water partition coefficient (Wildman–Crippen LogP) is 2.17. The van der Waals surface area contributed by atoms with Crippen molar-refractivity contribution in [2.45, 2.75) is 0 Å². The number of piperazine rings is 1. The van der Waals surface area contributed by atoms with E-state index in [4.69, 9.17) is 4.98 Å². The van der Waals surface area contributed by atoms with E-state index in [1.807, 2.05) is 25.3 Å². The summed E-state index contributed by atoms with van der Waals surface area (Å²) in [7, 11) is 4.80. The summed E-state index contributed by atoms with van der Waals surface area (Å²) in [6, 6.07) is 0. The Kier molecular flexibility index (Phi) is 4.56. The molecule has 1 saturated heterocycles. The van der Waals surface area contributed by atoms with Crippen LogP contribution >= 0.6 is 9.39 Å². The lowest BCUT2D eigenvalue weighted by Crippen LogP contribution is -2.43. The normalized spacial score (nSPS) is 17.1. The largest absolute Gasteiger partial charge is 0.340 e. The van der Waals surface area contributed by atoms with E-state index in [0.717, 1.165) is 43.5 Å². The first-order valence-electron chi connectivity index (χ1n) is 6.40. The van der Waals surface area contributed by atoms with Crippen LogP contribution in [0.1, 0.15) is 11.4 Å². The molecule has 1 aromatic heterocycles. The maximum absolute atomic E-state index is 4.72. The van der Waals surface area contributed by atoms with E-state index in [0.29, 0.717) is 0 Å². The first-order valence-corrected chi connectivity index (χ1v) is 6.92. The Morgan fingerprint density at radius 2 is 1.89 bits per heavy atom. The fraction of sp³-hybridized carbons (Fsp3) is 0.357. The van der Waals surface area contributed by atoms with Gasteiger partial charge in [0.2, 0.25) is 5.95 Å². The van der Waals surface area contributed by atoms with Gasteiger partial charge in [0.1, 0.15) is 0 Å². The number of anilines is 1. The fourth-order valence-corrected chi connectivity index (χ4v) is 2.48. The van der Waals surface area contributed by atoms with Crippen LogP contribution < -0.4 is 4.90 Å². The first-order chi connectivity index (χ1) is 9.17. The maximum atomic E-state index is 4.72. The van der Waals surface area contributed by atoms with E-state index in [-0.39, 0.29) is 0 Å². The molecule has 0 N–H and O–H groups in total. The van der Waals surface area contributed by atoms with E-state index in [9.17, 15) is 0 Å². The third-order valence-corrected chi connectivity index (χ3v) is 3.84. The minimum Gasteiger partial charge on any atom is -0.340 e. The third kappa shape index (κ3) is 2.96. The van der Waals surface area contributed by atoms with Crippen molar-refractivity contribution in [2.24, 2.45) is 7.05 Å². The van der Waals surface area contributed by atoms with Gasteiger partial charge < -0.3 is 9.47 Å². The smallest absolute Gasteiger partial charge is 0.206 e. The van der Waals surface area contributed by atoms with Gasteiger partial charge in [-0.25, -0.2) is 4.98 Å². The van der Waals surface area contributed by atoms with Crippen molar-refractivity contribution in [2.75, 3.05) is 31.1 Å². The van der Waals surface area contributed by atoms with Crippen molar-refractivity contribution < 1.29 is 0 Å². The lowest BCUT2D eigenvalue weighted by atomic mass is 10.3. The molecule has 2 rings (SSSR count). The molecule has 0 bridgehead atoms. The van der Waals surface area contributed by atoms with E-state index in [1.54, 1.807) is 6.08 Å². The predicted molar refractivity (Wildman–Crippen MR) is 86.0 cm³/mol. The molecule has 0 saturated carbocycles. The van der Waals surface area contributed by atoms with Gasteiger partial charge in [0.15, 0.2) is 0 Å². The van der Waals surface area contributed by atoms with Crippen LogP contribution in [0.25, 0.3) is 12.2 Å². The van der Waals surface area contributed by atoms with Crippen molar-refractivity contribution in [3.63, 3.8) is 0 Å². The van der Waals surface area contributed by atoms with Crippen LogP contribution in [0.4, 0.5) is 5.95 Å². The highest BCUT2D eigenvalue weighted by molar-refractivity contribution is 7.13. The second kappa shape index (κ2) is 6.18. The third-order valence-electron chi connectivity index (χ3n) is 3.32. The molecule has 1 fully saturated rings. The summed E-state index contributed by atoms with van der Waals surface area (Å²) in [5.41, 5.74) is 1.99. The Morgan fingerprint density at radius 1 is 1.21 bits per heavy atom. The van der Waals surface area contributed by atoms with Crippen LogP contribution in [0.2, 0.25) is 0 Å². The molecule has 1 aliphatic heterocycles. The molecular weight excluding hydrogens is 255 g/mol. The molecule has 0 aromatic carbocycles. The van der Waals surface area contributed by atoms with Crippen molar-refractivity contribution in [3.05, 3.63) is 36.7 Å². The Labute approximate surface area is 117 Å². The quantitative estimate of drug-likeness (QED) is 0.622. The Morgan fingerprint density at radius 3 is 2.47 bits per heavy atom. The zero-order valence-corrected chi connectivity index (χ0v) is 12.6. The maximum Gasteiger partial charge on any atom is 0.206 e. The highest BCUT2D eigenvalue weighted by atomic mass is 31.0. The van der Waals surface area contributed by atoms with Gasteiger partial charge in [-0.1, -0.05) is 34.7 Å². The standard InChI is InChI=1S/C14H21N4P/c1-4-6-7-12-13(5-2)16(3)14(15-12)17-8-10-18(19)11-9-17/h4-7H,1-2,8-11,19H2,3H3/b7-6-. The minimum atomic E-state index is 0.945. The Hall–Kier alpha value is -1.38. The average molecular weight is 276 g/mol. The van der Waals surface area contributed by atoms with Crippen LogP contribution in [0, 0.1) is 0 Å². The summed E-state index contributed by atoms with van der Waals surface area (Å²) < 4.78 is 4.36. The summed E-state index contributed by atoms with van der Waals surface area (Å²) in [6.07, 6.45) is 7.48. The van der Waals surface area contributed by atoms with Crippen molar-refractivity contribution in [1.82, 2.24) is 14.2 Å². The molecule has 1 aromatic rings. The van der Waals surface area contributed by atoms with Gasteiger partial charge in [-0.15, -0.1) is 0 Å². The summed E-state index contributed by atoms with van der Waals surface area (Å²) in [5, 5.41) is 0. The summed E-state index contributed by atoms with van der Waals surface area (Å²) in [5.74, 6) is 1.01. The van der Waals surface area contributed by atoms with Gasteiger partial charge in [0.25, 0.3) is 0 Å². The molecule has 1 aliphatic rings. The van der Waals surface area contributed by atoms with Gasteiger partial charge >= 0.3 is 0 Å². The highest BCUT2D eigenvalue weighted by Crippen LogP contribution is 2.22. The molecule has 102 valence electrons. The number of allylic oxidation sites excluding steroid dienone is 2. The second-order valence-corrected chi connectivity index (χ2v) is 5.29. The number of hydrogen-bond donors (Lipinski definition) is 0. The number of aromatic nitrogens is 2. The lowest BCUT2D eigenvalue weighted by Gasteiger charge is -2.32. The van der Waals surface area contributed by atoms with Crippen LogP contribution in [-0.4, -0.2) is 40.4 Å². The average Bonchev–Trinajstić information content (AvgIpc) is 2.73. The SMILES string of the molecule is C=C/C=C\c1nc(N2CCN(P)CC2)n(C)c1C=C. The molecule has 5 heteroatoms. The van der Waals surface area contributed by atoms with Crippen LogP contribution in [0.5, 0.6) is 0 Å². The molecule has 0 radical (unpaired) electrons. The topological polar surface area (TPSA) is 24.3 Å². The Bertz CT molecular complexity index is 496. The first kappa shape index (κ1) is 14.0. The summed E-state index contributed by atoms with van der Waals surface area (Å²) >= 11 is 0. The van der Waals surface area contributed by atoms with Gasteiger partial charge in [0, 0.05) is 33.2 Å². The van der Waals surface area contributed by atoms with Crippen LogP contribution in [0.15, 0.2) is 25.3 Å². The van der Waals surface area contributed by atoms with Crippen LogP contribution in [0.3, 0.4) is 0 Å². The van der Waals surface area contributed by atoms with Crippen molar-refractivity contribution in [1.29, 1.82) is 0 Å². The molecule has 0 amide bonds. The fourth-order valence-electron chi connectivity index (χ4n) is 2.25.